The monoisotopic (exact) mass is 177 g/mol. The average molecular weight is 177 g/mol. The van der Waals surface area contributed by atoms with Gasteiger partial charge in [-0.15, -0.1) is 0 Å². The maximum absolute atomic E-state index is 10.7. The van der Waals surface area contributed by atoms with Gasteiger partial charge in [0, 0.05) is 18.5 Å². The average Bonchev–Trinajstić information content (AvgIpc) is 2.75. The van der Waals surface area contributed by atoms with Crippen LogP contribution in [-0.4, -0.2) is 15.7 Å². The first-order chi connectivity index (χ1) is 6.27. The van der Waals surface area contributed by atoms with E-state index in [-0.39, 0.29) is 5.76 Å². The highest BCUT2D eigenvalue weighted by atomic mass is 16.4. The van der Waals surface area contributed by atoms with Crippen LogP contribution in [0.15, 0.2) is 35.0 Å². The van der Waals surface area contributed by atoms with Gasteiger partial charge in [0.15, 0.2) is 5.76 Å². The molecule has 5 heteroatoms. The Balaban J connectivity index is 2.39. The van der Waals surface area contributed by atoms with Gasteiger partial charge < -0.3 is 10.2 Å². The van der Waals surface area contributed by atoms with Gasteiger partial charge in [-0.25, -0.2) is 4.68 Å². The Morgan fingerprint density at radius 1 is 1.54 bits per heavy atom. The molecule has 0 radical (unpaired) electrons. The first-order valence-electron chi connectivity index (χ1n) is 3.67. The number of aromatic nitrogens is 2. The fourth-order valence-electron chi connectivity index (χ4n) is 0.982. The Labute approximate surface area is 73.8 Å². The number of primary amides is 1. The third kappa shape index (κ3) is 1.31. The molecule has 0 atom stereocenters. The van der Waals surface area contributed by atoms with Crippen molar-refractivity contribution in [3.05, 3.63) is 36.4 Å². The minimum atomic E-state index is -0.585. The lowest BCUT2D eigenvalue weighted by atomic mass is 10.4. The van der Waals surface area contributed by atoms with E-state index in [1.165, 1.54) is 10.7 Å². The van der Waals surface area contributed by atoms with Crippen molar-refractivity contribution in [3.8, 4) is 5.88 Å². The minimum Gasteiger partial charge on any atom is -0.433 e. The van der Waals surface area contributed by atoms with Crippen molar-refractivity contribution in [2.45, 2.75) is 0 Å². The maximum Gasteiger partial charge on any atom is 0.284 e. The molecule has 2 aromatic heterocycles. The fourth-order valence-corrected chi connectivity index (χ4v) is 0.982. The Hall–Kier alpha value is -2.04. The summed E-state index contributed by atoms with van der Waals surface area (Å²) in [7, 11) is 0. The molecule has 2 rings (SSSR count). The van der Waals surface area contributed by atoms with Crippen LogP contribution in [0.4, 0.5) is 0 Å². The molecule has 0 aromatic carbocycles. The molecule has 13 heavy (non-hydrogen) atoms. The molecule has 0 saturated carbocycles. The predicted molar refractivity (Wildman–Crippen MR) is 44.3 cm³/mol. The van der Waals surface area contributed by atoms with Gasteiger partial charge in [-0.05, 0) is 12.1 Å². The quantitative estimate of drug-likeness (QED) is 0.728. The zero-order valence-electron chi connectivity index (χ0n) is 6.68. The predicted octanol–water partition coefficient (Wildman–Crippen LogP) is 0.564. The zero-order chi connectivity index (χ0) is 9.26. The van der Waals surface area contributed by atoms with Crippen LogP contribution >= 0.6 is 0 Å². The SMILES string of the molecule is NC(=O)c1ccc(-n2cccn2)o1. The molecule has 2 heterocycles. The summed E-state index contributed by atoms with van der Waals surface area (Å²) in [5, 5.41) is 3.93. The molecule has 0 saturated heterocycles. The van der Waals surface area contributed by atoms with Gasteiger partial charge in [0.2, 0.25) is 5.88 Å². The number of hydrogen-bond donors (Lipinski definition) is 1. The molecule has 2 N–H and O–H groups in total. The molecular weight excluding hydrogens is 170 g/mol. The van der Waals surface area contributed by atoms with Crippen molar-refractivity contribution in [1.29, 1.82) is 0 Å². The number of furan rings is 1. The number of carbonyl (C=O) groups is 1. The smallest absolute Gasteiger partial charge is 0.284 e. The summed E-state index contributed by atoms with van der Waals surface area (Å²) in [5.41, 5.74) is 5.02. The highest BCUT2D eigenvalue weighted by molar-refractivity contribution is 5.90. The molecule has 0 aliphatic heterocycles. The number of carbonyl (C=O) groups excluding carboxylic acids is 1. The van der Waals surface area contributed by atoms with Crippen molar-refractivity contribution in [1.82, 2.24) is 9.78 Å². The van der Waals surface area contributed by atoms with E-state index in [1.807, 2.05) is 0 Å². The van der Waals surface area contributed by atoms with Crippen molar-refractivity contribution >= 4 is 5.91 Å². The second kappa shape index (κ2) is 2.78. The first kappa shape index (κ1) is 7.60. The lowest BCUT2D eigenvalue weighted by Gasteiger charge is -1.93. The van der Waals surface area contributed by atoms with Crippen molar-refractivity contribution < 1.29 is 9.21 Å². The summed E-state index contributed by atoms with van der Waals surface area (Å²) in [6, 6.07) is 4.90. The molecule has 0 unspecified atom stereocenters. The summed E-state index contributed by atoms with van der Waals surface area (Å²) in [6.45, 7) is 0. The minimum absolute atomic E-state index is 0.130. The fraction of sp³-hybridized carbons (Fsp3) is 0. The van der Waals surface area contributed by atoms with Gasteiger partial charge in [-0.2, -0.15) is 5.10 Å². The number of nitrogens with two attached hydrogens (primary N) is 1. The summed E-state index contributed by atoms with van der Waals surface area (Å²) in [5.74, 6) is 0.0164. The molecule has 0 aliphatic rings. The zero-order valence-corrected chi connectivity index (χ0v) is 6.68. The molecule has 0 spiro atoms. The maximum atomic E-state index is 10.7. The highest BCUT2D eigenvalue weighted by Crippen LogP contribution is 2.10. The van der Waals surface area contributed by atoms with Crippen molar-refractivity contribution in [2.75, 3.05) is 0 Å². The number of rotatable bonds is 2. The van der Waals surface area contributed by atoms with Crippen LogP contribution in [0.1, 0.15) is 10.6 Å². The van der Waals surface area contributed by atoms with Gasteiger partial charge in [0.25, 0.3) is 5.91 Å². The van der Waals surface area contributed by atoms with E-state index in [4.69, 9.17) is 10.2 Å². The van der Waals surface area contributed by atoms with E-state index in [0.717, 1.165) is 0 Å². The lowest BCUT2D eigenvalue weighted by molar-refractivity contribution is 0.0973. The molecule has 2 aromatic rings. The summed E-state index contributed by atoms with van der Waals surface area (Å²) < 4.78 is 6.62. The van der Waals surface area contributed by atoms with Crippen LogP contribution < -0.4 is 5.73 Å². The van der Waals surface area contributed by atoms with Gasteiger partial charge in [-0.1, -0.05) is 0 Å². The van der Waals surface area contributed by atoms with Gasteiger partial charge >= 0.3 is 0 Å². The van der Waals surface area contributed by atoms with E-state index in [1.54, 1.807) is 24.5 Å². The summed E-state index contributed by atoms with van der Waals surface area (Å²) in [6.07, 6.45) is 3.33. The lowest BCUT2D eigenvalue weighted by Crippen LogP contribution is -2.09. The van der Waals surface area contributed by atoms with Crippen LogP contribution in [0, 0.1) is 0 Å². The molecule has 5 nitrogen and oxygen atoms in total. The van der Waals surface area contributed by atoms with Crippen molar-refractivity contribution in [2.24, 2.45) is 5.73 Å². The van der Waals surface area contributed by atoms with Crippen LogP contribution in [0.5, 0.6) is 0 Å². The molecule has 0 fully saturated rings. The van der Waals surface area contributed by atoms with Gasteiger partial charge in [0.05, 0.1) is 0 Å². The largest absolute Gasteiger partial charge is 0.433 e. The third-order valence-corrected chi connectivity index (χ3v) is 1.56. The van der Waals surface area contributed by atoms with E-state index < -0.39 is 5.91 Å². The van der Waals surface area contributed by atoms with E-state index >= 15 is 0 Å². The van der Waals surface area contributed by atoms with Crippen LogP contribution in [0.3, 0.4) is 0 Å². The summed E-state index contributed by atoms with van der Waals surface area (Å²) in [4.78, 5) is 10.7. The van der Waals surface area contributed by atoms with Gasteiger partial charge in [-0.3, -0.25) is 4.79 Å². The standard InChI is InChI=1S/C8H7N3O2/c9-8(12)6-2-3-7(13-6)11-5-1-4-10-11/h1-5H,(H2,9,12). The van der Waals surface area contributed by atoms with E-state index in [9.17, 15) is 4.79 Å². The van der Waals surface area contributed by atoms with Crippen LogP contribution in [0.25, 0.3) is 5.88 Å². The summed E-state index contributed by atoms with van der Waals surface area (Å²) >= 11 is 0. The Morgan fingerprint density at radius 2 is 2.38 bits per heavy atom. The second-order valence-corrected chi connectivity index (χ2v) is 2.45. The number of hydrogen-bond acceptors (Lipinski definition) is 3. The van der Waals surface area contributed by atoms with E-state index in [0.29, 0.717) is 5.88 Å². The Kier molecular flexibility index (Phi) is 1.63. The molecular formula is C8H7N3O2. The number of nitrogens with zero attached hydrogens (tertiary/aromatic N) is 2. The first-order valence-corrected chi connectivity index (χ1v) is 3.67. The Bertz CT molecular complexity index is 416. The Morgan fingerprint density at radius 3 is 2.92 bits per heavy atom. The molecule has 0 bridgehead atoms. The van der Waals surface area contributed by atoms with Gasteiger partial charge in [0.1, 0.15) is 0 Å². The highest BCUT2D eigenvalue weighted by Gasteiger charge is 2.07. The number of amides is 1. The van der Waals surface area contributed by atoms with Crippen molar-refractivity contribution in [3.63, 3.8) is 0 Å². The molecule has 0 aliphatic carbocycles. The van der Waals surface area contributed by atoms with Crippen LogP contribution in [-0.2, 0) is 0 Å². The topological polar surface area (TPSA) is 74.1 Å². The molecule has 1 amide bonds. The van der Waals surface area contributed by atoms with E-state index in [2.05, 4.69) is 5.10 Å². The van der Waals surface area contributed by atoms with Crippen LogP contribution in [0.2, 0.25) is 0 Å². The normalized spacial score (nSPS) is 10.2. The molecule has 66 valence electrons. The second-order valence-electron chi connectivity index (χ2n) is 2.45. The third-order valence-electron chi connectivity index (χ3n) is 1.56.